The molecule has 0 saturated heterocycles. The van der Waals surface area contributed by atoms with E-state index in [1.54, 1.807) is 0 Å². The summed E-state index contributed by atoms with van der Waals surface area (Å²) >= 11 is 0. The van der Waals surface area contributed by atoms with Crippen LogP contribution in [0.2, 0.25) is 0 Å². The van der Waals surface area contributed by atoms with Crippen molar-refractivity contribution in [3.63, 3.8) is 0 Å². The van der Waals surface area contributed by atoms with Gasteiger partial charge < -0.3 is 20.5 Å². The number of carbonyl (C=O) groups excluding carboxylic acids is 4. The van der Waals surface area contributed by atoms with E-state index < -0.39 is 17.8 Å². The van der Waals surface area contributed by atoms with Crippen LogP contribution in [-0.4, -0.2) is 72.5 Å². The Balaban J connectivity index is 1.43. The molecule has 1 fully saturated rings. The van der Waals surface area contributed by atoms with Gasteiger partial charge in [-0.05, 0) is 31.6 Å². The molecule has 10 nitrogen and oxygen atoms in total. The maximum Gasteiger partial charge on any atom is 0.306 e. The normalized spacial score (nSPS) is 21.0. The summed E-state index contributed by atoms with van der Waals surface area (Å²) in [5, 5.41) is 14.5. The Morgan fingerprint density at radius 2 is 1.60 bits per heavy atom. The van der Waals surface area contributed by atoms with Gasteiger partial charge in [0.15, 0.2) is 0 Å². The molecule has 2 rings (SSSR count). The van der Waals surface area contributed by atoms with Crippen LogP contribution < -0.4 is 10.6 Å². The number of aliphatic carboxylic acids is 1. The minimum absolute atomic E-state index is 0.0238. The van der Waals surface area contributed by atoms with Crippen molar-refractivity contribution in [3.05, 3.63) is 12.2 Å². The van der Waals surface area contributed by atoms with E-state index in [4.69, 9.17) is 9.84 Å². The summed E-state index contributed by atoms with van der Waals surface area (Å²) in [6.07, 6.45) is 5.52. The van der Waals surface area contributed by atoms with Crippen LogP contribution in [0.15, 0.2) is 12.2 Å². The van der Waals surface area contributed by atoms with Gasteiger partial charge in [-0.15, -0.1) is 0 Å². The maximum atomic E-state index is 11.8. The van der Waals surface area contributed by atoms with Crippen LogP contribution in [0, 0.1) is 11.8 Å². The second-order valence-electron chi connectivity index (χ2n) is 7.48. The average molecular weight is 423 g/mol. The number of hydrogen-bond donors (Lipinski definition) is 3. The largest absolute Gasteiger partial charge is 0.481 e. The second kappa shape index (κ2) is 12.1. The number of amides is 4. The predicted octanol–water partition coefficient (Wildman–Crippen LogP) is -0.168. The summed E-state index contributed by atoms with van der Waals surface area (Å²) in [6.45, 7) is 1.35. The van der Waals surface area contributed by atoms with Crippen molar-refractivity contribution in [2.24, 2.45) is 11.8 Å². The molecule has 1 heterocycles. The highest BCUT2D eigenvalue weighted by atomic mass is 16.5. The predicted molar refractivity (Wildman–Crippen MR) is 105 cm³/mol. The first-order chi connectivity index (χ1) is 14.4. The summed E-state index contributed by atoms with van der Waals surface area (Å²) < 4.78 is 5.33. The minimum Gasteiger partial charge on any atom is -0.481 e. The molecule has 0 radical (unpaired) electrons. The van der Waals surface area contributed by atoms with E-state index in [9.17, 15) is 24.0 Å². The molecule has 0 bridgehead atoms. The quantitative estimate of drug-likeness (QED) is 0.292. The third-order valence-corrected chi connectivity index (χ3v) is 5.29. The zero-order valence-electron chi connectivity index (χ0n) is 16.9. The fraction of sp³-hybridized carbons (Fsp3) is 0.650. The fourth-order valence-corrected chi connectivity index (χ4v) is 3.44. The number of imide groups is 1. The molecule has 1 aliphatic carbocycles. The van der Waals surface area contributed by atoms with E-state index in [1.807, 2.05) is 0 Å². The highest BCUT2D eigenvalue weighted by Gasteiger charge is 2.26. The number of nitrogens with zero attached hydrogens (tertiary/aromatic N) is 1. The molecule has 2 aliphatic rings. The highest BCUT2D eigenvalue weighted by molar-refractivity contribution is 6.13. The van der Waals surface area contributed by atoms with Crippen molar-refractivity contribution in [3.8, 4) is 0 Å². The van der Waals surface area contributed by atoms with Gasteiger partial charge in [0.2, 0.25) is 11.8 Å². The Morgan fingerprint density at radius 3 is 2.23 bits per heavy atom. The Hall–Kier alpha value is -2.75. The average Bonchev–Trinajstić information content (AvgIpc) is 3.05. The van der Waals surface area contributed by atoms with Gasteiger partial charge in [-0.2, -0.15) is 0 Å². The Morgan fingerprint density at radius 1 is 0.967 bits per heavy atom. The van der Waals surface area contributed by atoms with Gasteiger partial charge >= 0.3 is 5.97 Å². The lowest BCUT2D eigenvalue weighted by atomic mass is 9.82. The third-order valence-electron chi connectivity index (χ3n) is 5.29. The van der Waals surface area contributed by atoms with E-state index in [1.165, 1.54) is 12.2 Å². The van der Waals surface area contributed by atoms with Crippen molar-refractivity contribution in [1.82, 2.24) is 15.5 Å². The Kier molecular flexibility index (Phi) is 9.46. The van der Waals surface area contributed by atoms with Crippen LogP contribution in [0.25, 0.3) is 0 Å². The second-order valence-corrected chi connectivity index (χ2v) is 7.48. The van der Waals surface area contributed by atoms with Gasteiger partial charge in [0.1, 0.15) is 0 Å². The van der Waals surface area contributed by atoms with E-state index in [0.29, 0.717) is 25.3 Å². The molecular formula is C20H29N3O7. The van der Waals surface area contributed by atoms with Gasteiger partial charge in [0, 0.05) is 44.6 Å². The van der Waals surface area contributed by atoms with E-state index in [2.05, 4.69) is 10.6 Å². The summed E-state index contributed by atoms with van der Waals surface area (Å²) in [5.41, 5.74) is 0. The van der Waals surface area contributed by atoms with Gasteiger partial charge in [0.25, 0.3) is 11.8 Å². The number of ether oxygens (including phenoxy) is 1. The minimum atomic E-state index is -0.736. The molecule has 0 spiro atoms. The van der Waals surface area contributed by atoms with Crippen LogP contribution in [-0.2, 0) is 28.7 Å². The molecule has 166 valence electrons. The topological polar surface area (TPSA) is 142 Å². The molecule has 0 aromatic carbocycles. The first-order valence-electron chi connectivity index (χ1n) is 10.2. The zero-order valence-corrected chi connectivity index (χ0v) is 16.9. The van der Waals surface area contributed by atoms with Crippen molar-refractivity contribution >= 4 is 29.6 Å². The van der Waals surface area contributed by atoms with E-state index in [0.717, 1.165) is 17.7 Å². The summed E-state index contributed by atoms with van der Waals surface area (Å²) in [4.78, 5) is 58.2. The van der Waals surface area contributed by atoms with Gasteiger partial charge in [-0.3, -0.25) is 28.9 Å². The first kappa shape index (κ1) is 23.5. The number of carboxylic acid groups (broad SMARTS) is 1. The molecule has 1 saturated carbocycles. The molecule has 0 atom stereocenters. The first-order valence-corrected chi connectivity index (χ1v) is 10.2. The fourth-order valence-electron chi connectivity index (χ4n) is 3.44. The van der Waals surface area contributed by atoms with Crippen molar-refractivity contribution < 1.29 is 33.8 Å². The van der Waals surface area contributed by atoms with Crippen molar-refractivity contribution in [2.45, 2.75) is 38.5 Å². The molecule has 1 aliphatic heterocycles. The Labute approximate surface area is 175 Å². The summed E-state index contributed by atoms with van der Waals surface area (Å²) in [7, 11) is 0. The smallest absolute Gasteiger partial charge is 0.306 e. The van der Waals surface area contributed by atoms with Gasteiger partial charge in [0.05, 0.1) is 19.1 Å². The van der Waals surface area contributed by atoms with E-state index >= 15 is 0 Å². The lowest BCUT2D eigenvalue weighted by Crippen LogP contribution is -2.35. The van der Waals surface area contributed by atoms with Crippen LogP contribution in [0.3, 0.4) is 0 Å². The van der Waals surface area contributed by atoms with Crippen LogP contribution in [0.1, 0.15) is 38.5 Å². The monoisotopic (exact) mass is 423 g/mol. The summed E-state index contributed by atoms with van der Waals surface area (Å²) in [6, 6.07) is 0. The molecule has 0 aromatic heterocycles. The third kappa shape index (κ3) is 7.94. The zero-order chi connectivity index (χ0) is 21.9. The number of carboxylic acids is 1. The highest BCUT2D eigenvalue weighted by Crippen LogP contribution is 2.28. The summed E-state index contributed by atoms with van der Waals surface area (Å²) in [5.74, 6) is -1.91. The number of hydrogen-bond acceptors (Lipinski definition) is 6. The number of carbonyl (C=O) groups is 5. The maximum absolute atomic E-state index is 11.8. The van der Waals surface area contributed by atoms with Gasteiger partial charge in [-0.25, -0.2) is 0 Å². The standard InChI is InChI=1S/C20H29N3O7/c24-16(7-10-23-18(26)5-6-19(23)27)21-9-12-30-11-8-17(25)22-13-14-1-3-15(4-2-14)20(28)29/h5-6,14-15H,1-4,7-13H2,(H,21,24)(H,22,25)(H,28,29). The number of rotatable bonds is 12. The Bertz CT molecular complexity index is 666. The van der Waals surface area contributed by atoms with Crippen LogP contribution in [0.5, 0.6) is 0 Å². The number of nitrogens with one attached hydrogen (secondary N) is 2. The molecule has 30 heavy (non-hydrogen) atoms. The van der Waals surface area contributed by atoms with Gasteiger partial charge in [-0.1, -0.05) is 0 Å². The molecule has 10 heteroatoms. The molecule has 0 aromatic rings. The lowest BCUT2D eigenvalue weighted by Gasteiger charge is -2.26. The SMILES string of the molecule is O=C(CCN1C(=O)C=CC1=O)NCCOCCC(=O)NCC1CCC(C(=O)O)CC1. The molecule has 0 unspecified atom stereocenters. The van der Waals surface area contributed by atoms with E-state index in [-0.39, 0.29) is 56.9 Å². The van der Waals surface area contributed by atoms with Crippen LogP contribution in [0.4, 0.5) is 0 Å². The molecule has 4 amide bonds. The van der Waals surface area contributed by atoms with Crippen molar-refractivity contribution in [1.29, 1.82) is 0 Å². The van der Waals surface area contributed by atoms with Crippen LogP contribution >= 0.6 is 0 Å². The lowest BCUT2D eigenvalue weighted by molar-refractivity contribution is -0.143. The van der Waals surface area contributed by atoms with Crippen molar-refractivity contribution in [2.75, 3.05) is 32.8 Å². The molecular weight excluding hydrogens is 394 g/mol. The molecule has 3 N–H and O–H groups in total.